The number of amides is 2. The van der Waals surface area contributed by atoms with E-state index in [1.165, 1.54) is 23.9 Å². The standard InChI is InChI=1S/C18H16N4O3S/c19-17(24)16(23)14(8-12-4-2-1-3-5-12)21-18(25)15-9-20-11-22(15)13-6-7-26-10-13/h1-7,9-11,14H,8H2,(H2,19,24)(H,21,25). The molecule has 0 bridgehead atoms. The summed E-state index contributed by atoms with van der Waals surface area (Å²) in [6.07, 6.45) is 3.08. The average Bonchev–Trinajstić information content (AvgIpc) is 3.32. The van der Waals surface area contributed by atoms with Crippen LogP contribution in [0.15, 0.2) is 59.7 Å². The molecule has 0 saturated carbocycles. The summed E-state index contributed by atoms with van der Waals surface area (Å²) in [4.78, 5) is 40.2. The molecule has 0 aliphatic carbocycles. The summed E-state index contributed by atoms with van der Waals surface area (Å²) in [5.74, 6) is -2.44. The summed E-state index contributed by atoms with van der Waals surface area (Å²) < 4.78 is 1.61. The van der Waals surface area contributed by atoms with Gasteiger partial charge in [-0.05, 0) is 17.0 Å². The predicted octanol–water partition coefficient (Wildman–Crippen LogP) is 1.33. The molecule has 132 valence electrons. The summed E-state index contributed by atoms with van der Waals surface area (Å²) in [6, 6.07) is 9.88. The zero-order valence-corrected chi connectivity index (χ0v) is 14.5. The molecule has 3 rings (SSSR count). The number of benzene rings is 1. The highest BCUT2D eigenvalue weighted by Gasteiger charge is 2.27. The SMILES string of the molecule is NC(=O)C(=O)C(Cc1ccccc1)NC(=O)c1cncn1-c1ccsc1. The molecule has 0 saturated heterocycles. The van der Waals surface area contributed by atoms with E-state index < -0.39 is 23.6 Å². The van der Waals surface area contributed by atoms with Crippen LogP contribution in [0.3, 0.4) is 0 Å². The normalized spacial score (nSPS) is 11.7. The molecule has 26 heavy (non-hydrogen) atoms. The van der Waals surface area contributed by atoms with Crippen LogP contribution < -0.4 is 11.1 Å². The number of rotatable bonds is 7. The molecule has 1 unspecified atom stereocenters. The van der Waals surface area contributed by atoms with Crippen LogP contribution in [0, 0.1) is 0 Å². The van der Waals surface area contributed by atoms with Crippen molar-refractivity contribution < 1.29 is 14.4 Å². The quantitative estimate of drug-likeness (QED) is 0.614. The number of hydrogen-bond donors (Lipinski definition) is 2. The van der Waals surface area contributed by atoms with Crippen molar-refractivity contribution in [1.82, 2.24) is 14.9 Å². The first-order chi connectivity index (χ1) is 12.6. The minimum Gasteiger partial charge on any atom is -0.363 e. The highest BCUT2D eigenvalue weighted by molar-refractivity contribution is 7.08. The molecule has 0 aliphatic heterocycles. The van der Waals surface area contributed by atoms with Gasteiger partial charge in [0.25, 0.3) is 11.8 Å². The Morgan fingerprint density at radius 2 is 1.96 bits per heavy atom. The summed E-state index contributed by atoms with van der Waals surface area (Å²) in [5, 5.41) is 6.35. The van der Waals surface area contributed by atoms with Crippen molar-refractivity contribution in [3.63, 3.8) is 0 Å². The third kappa shape index (κ3) is 3.86. The molecule has 7 nitrogen and oxygen atoms in total. The van der Waals surface area contributed by atoms with Gasteiger partial charge in [-0.2, -0.15) is 11.3 Å². The predicted molar refractivity (Wildman–Crippen MR) is 97.0 cm³/mol. The van der Waals surface area contributed by atoms with Crippen molar-refractivity contribution in [2.75, 3.05) is 0 Å². The Labute approximate surface area is 153 Å². The lowest BCUT2D eigenvalue weighted by Gasteiger charge is -2.17. The smallest absolute Gasteiger partial charge is 0.287 e. The Morgan fingerprint density at radius 1 is 1.19 bits per heavy atom. The number of aromatic nitrogens is 2. The highest BCUT2D eigenvalue weighted by atomic mass is 32.1. The van der Waals surface area contributed by atoms with E-state index in [0.29, 0.717) is 0 Å². The fourth-order valence-electron chi connectivity index (χ4n) is 2.53. The van der Waals surface area contributed by atoms with Gasteiger partial charge >= 0.3 is 0 Å². The Morgan fingerprint density at radius 3 is 2.62 bits per heavy atom. The molecule has 1 aromatic carbocycles. The lowest BCUT2D eigenvalue weighted by molar-refractivity contribution is -0.137. The lowest BCUT2D eigenvalue weighted by Crippen LogP contribution is -2.47. The topological polar surface area (TPSA) is 107 Å². The maximum atomic E-state index is 12.7. The van der Waals surface area contributed by atoms with Gasteiger partial charge in [0.05, 0.1) is 18.2 Å². The molecule has 8 heteroatoms. The Hall–Kier alpha value is -3.26. The van der Waals surface area contributed by atoms with Crippen molar-refractivity contribution in [2.45, 2.75) is 12.5 Å². The summed E-state index contributed by atoms with van der Waals surface area (Å²) >= 11 is 1.49. The van der Waals surface area contributed by atoms with Crippen molar-refractivity contribution in [3.8, 4) is 5.69 Å². The summed E-state index contributed by atoms with van der Waals surface area (Å²) in [7, 11) is 0. The minimum atomic E-state index is -1.09. The molecule has 1 atom stereocenters. The molecule has 0 fully saturated rings. The van der Waals surface area contributed by atoms with E-state index in [-0.39, 0.29) is 12.1 Å². The van der Waals surface area contributed by atoms with E-state index in [1.807, 2.05) is 47.2 Å². The van der Waals surface area contributed by atoms with Crippen LogP contribution in [0.2, 0.25) is 0 Å². The van der Waals surface area contributed by atoms with Gasteiger partial charge in [-0.1, -0.05) is 30.3 Å². The van der Waals surface area contributed by atoms with Crippen molar-refractivity contribution >= 4 is 28.9 Å². The Bertz CT molecular complexity index is 919. The number of imidazole rings is 1. The highest BCUT2D eigenvalue weighted by Crippen LogP contribution is 2.15. The van der Waals surface area contributed by atoms with E-state index in [0.717, 1.165) is 11.3 Å². The van der Waals surface area contributed by atoms with E-state index in [2.05, 4.69) is 10.3 Å². The van der Waals surface area contributed by atoms with Crippen LogP contribution in [0.4, 0.5) is 0 Å². The fourth-order valence-corrected chi connectivity index (χ4v) is 3.15. The van der Waals surface area contributed by atoms with Gasteiger partial charge < -0.3 is 11.1 Å². The lowest BCUT2D eigenvalue weighted by atomic mass is 10.0. The van der Waals surface area contributed by atoms with Crippen molar-refractivity contribution in [1.29, 1.82) is 0 Å². The first kappa shape index (κ1) is 17.6. The number of nitrogens with one attached hydrogen (secondary N) is 1. The second kappa shape index (κ2) is 7.75. The number of hydrogen-bond acceptors (Lipinski definition) is 5. The maximum absolute atomic E-state index is 12.7. The number of carbonyl (C=O) groups excluding carboxylic acids is 3. The van der Waals surface area contributed by atoms with Gasteiger partial charge in [0.1, 0.15) is 11.7 Å². The fraction of sp³-hybridized carbons (Fsp3) is 0.111. The van der Waals surface area contributed by atoms with Crippen LogP contribution in [0.25, 0.3) is 5.69 Å². The Kier molecular flexibility index (Phi) is 5.23. The first-order valence-electron chi connectivity index (χ1n) is 7.79. The van der Waals surface area contributed by atoms with Crippen LogP contribution in [-0.2, 0) is 16.0 Å². The molecular formula is C18H16N4O3S. The monoisotopic (exact) mass is 368 g/mol. The third-order valence-corrected chi connectivity index (χ3v) is 4.47. The van der Waals surface area contributed by atoms with Crippen LogP contribution in [-0.4, -0.2) is 33.2 Å². The van der Waals surface area contributed by atoms with E-state index >= 15 is 0 Å². The summed E-state index contributed by atoms with van der Waals surface area (Å²) in [5.41, 5.74) is 6.99. The number of carbonyl (C=O) groups is 3. The van der Waals surface area contributed by atoms with Crippen LogP contribution in [0.1, 0.15) is 16.1 Å². The molecule has 3 aromatic rings. The zero-order chi connectivity index (χ0) is 18.5. The summed E-state index contributed by atoms with van der Waals surface area (Å²) in [6.45, 7) is 0. The van der Waals surface area contributed by atoms with E-state index in [1.54, 1.807) is 4.57 Å². The molecule has 0 aliphatic rings. The second-order valence-corrected chi connectivity index (χ2v) is 6.35. The molecule has 2 amide bonds. The second-order valence-electron chi connectivity index (χ2n) is 5.57. The van der Waals surface area contributed by atoms with E-state index in [9.17, 15) is 14.4 Å². The number of ketones is 1. The number of nitrogens with two attached hydrogens (primary N) is 1. The van der Waals surface area contributed by atoms with Crippen molar-refractivity contribution in [3.05, 3.63) is 70.9 Å². The van der Waals surface area contributed by atoms with Crippen LogP contribution >= 0.6 is 11.3 Å². The average molecular weight is 368 g/mol. The van der Waals surface area contributed by atoms with Gasteiger partial charge in [-0.3, -0.25) is 19.0 Å². The minimum absolute atomic E-state index is 0.168. The maximum Gasteiger partial charge on any atom is 0.287 e. The number of Topliss-reactive ketones (excluding diaryl/α,β-unsaturated/α-hetero) is 1. The van der Waals surface area contributed by atoms with Gasteiger partial charge in [0.15, 0.2) is 0 Å². The Balaban J connectivity index is 1.83. The van der Waals surface area contributed by atoms with Gasteiger partial charge in [0, 0.05) is 11.8 Å². The number of primary amides is 1. The first-order valence-corrected chi connectivity index (χ1v) is 8.74. The largest absolute Gasteiger partial charge is 0.363 e. The molecule has 3 N–H and O–H groups in total. The van der Waals surface area contributed by atoms with Gasteiger partial charge in [-0.15, -0.1) is 0 Å². The zero-order valence-electron chi connectivity index (χ0n) is 13.7. The molecule has 2 heterocycles. The van der Waals surface area contributed by atoms with Gasteiger partial charge in [0.2, 0.25) is 5.78 Å². The van der Waals surface area contributed by atoms with Crippen LogP contribution in [0.5, 0.6) is 0 Å². The molecule has 0 spiro atoms. The third-order valence-electron chi connectivity index (χ3n) is 3.80. The number of nitrogens with zero attached hydrogens (tertiary/aromatic N) is 2. The van der Waals surface area contributed by atoms with Crippen molar-refractivity contribution in [2.24, 2.45) is 5.73 Å². The molecule has 2 aromatic heterocycles. The van der Waals surface area contributed by atoms with Gasteiger partial charge in [-0.25, -0.2) is 4.98 Å². The molecule has 0 radical (unpaired) electrons. The molecular weight excluding hydrogens is 352 g/mol. The van der Waals surface area contributed by atoms with E-state index in [4.69, 9.17) is 5.73 Å². The number of thiophene rings is 1.